The summed E-state index contributed by atoms with van der Waals surface area (Å²) in [5, 5.41) is 2.66. The summed E-state index contributed by atoms with van der Waals surface area (Å²) in [6.45, 7) is 6.12. The van der Waals surface area contributed by atoms with E-state index in [1.54, 1.807) is 21.0 Å². The van der Waals surface area contributed by atoms with Crippen LogP contribution in [0.2, 0.25) is 0 Å². The minimum atomic E-state index is -3.98. The quantitative estimate of drug-likeness (QED) is 0.293. The second-order valence-electron chi connectivity index (χ2n) is 4.76. The molecule has 0 aliphatic heterocycles. The van der Waals surface area contributed by atoms with Gasteiger partial charge in [0.2, 0.25) is 11.8 Å². The molecule has 0 bridgehead atoms. The third kappa shape index (κ3) is 8.84. The Kier molecular flexibility index (Phi) is 5.80. The molecule has 0 aliphatic rings. The lowest BCUT2D eigenvalue weighted by Crippen LogP contribution is -2.45. The van der Waals surface area contributed by atoms with Crippen molar-refractivity contribution in [3.63, 3.8) is 0 Å². The second-order valence-corrected chi connectivity index (χ2v) is 6.18. The van der Waals surface area contributed by atoms with Crippen LogP contribution in [-0.2, 0) is 14.9 Å². The van der Waals surface area contributed by atoms with Crippen molar-refractivity contribution >= 4 is 16.0 Å². The summed E-state index contributed by atoms with van der Waals surface area (Å²) in [7, 11) is -0.573. The highest BCUT2D eigenvalue weighted by Crippen LogP contribution is 2.02. The van der Waals surface area contributed by atoms with Crippen LogP contribution in [0.5, 0.6) is 0 Å². The number of rotatable bonds is 7. The highest BCUT2D eigenvalue weighted by atomic mass is 32.2. The van der Waals surface area contributed by atoms with E-state index >= 15 is 0 Å². The topological polar surface area (TPSA) is 83.5 Å². The van der Waals surface area contributed by atoms with Gasteiger partial charge in [0.25, 0.3) is 0 Å². The molecule has 0 aromatic rings. The Morgan fingerprint density at radius 3 is 2.35 bits per heavy atom. The van der Waals surface area contributed by atoms with Crippen LogP contribution in [0, 0.1) is 0 Å². The molecule has 0 saturated heterocycles. The molecule has 0 heterocycles. The fourth-order valence-corrected chi connectivity index (χ4v) is 2.38. The highest BCUT2D eigenvalue weighted by molar-refractivity contribution is 7.85. The van der Waals surface area contributed by atoms with Crippen molar-refractivity contribution in [2.75, 3.05) is 33.1 Å². The standard InChI is InChI=1S/C10H20N2O4S/c1-9(2)10(13)11-6-5-7-12(3,4)8-17(14,15)16/h1,5-8H2,2-4H3,(H-,11,13,14,15,16)/p+1. The molecular weight excluding hydrogens is 244 g/mol. The van der Waals surface area contributed by atoms with Crippen LogP contribution < -0.4 is 5.32 Å². The van der Waals surface area contributed by atoms with Crippen molar-refractivity contribution in [1.29, 1.82) is 0 Å². The predicted molar refractivity (Wildman–Crippen MR) is 65.8 cm³/mol. The largest absolute Gasteiger partial charge is 0.352 e. The lowest BCUT2D eigenvalue weighted by atomic mass is 10.3. The molecule has 0 spiro atoms. The van der Waals surface area contributed by atoms with E-state index in [-0.39, 0.29) is 16.3 Å². The number of carbonyl (C=O) groups excluding carboxylic acids is 1. The van der Waals surface area contributed by atoms with E-state index in [4.69, 9.17) is 4.55 Å². The SMILES string of the molecule is C=C(C)C(=O)NCCC[N+](C)(C)CS(=O)(=O)O. The first-order valence-corrected chi connectivity index (χ1v) is 6.85. The number of hydrogen-bond acceptors (Lipinski definition) is 3. The van der Waals surface area contributed by atoms with Gasteiger partial charge >= 0.3 is 10.1 Å². The fraction of sp³-hybridized carbons (Fsp3) is 0.700. The summed E-state index contributed by atoms with van der Waals surface area (Å²) in [6.07, 6.45) is 0.627. The molecule has 100 valence electrons. The molecule has 0 unspecified atom stereocenters. The Balaban J connectivity index is 3.96. The zero-order valence-electron chi connectivity index (χ0n) is 10.6. The van der Waals surface area contributed by atoms with Crippen LogP contribution >= 0.6 is 0 Å². The molecule has 0 fully saturated rings. The number of nitrogens with zero attached hydrogens (tertiary/aromatic N) is 1. The van der Waals surface area contributed by atoms with Gasteiger partial charge in [-0.25, -0.2) is 0 Å². The van der Waals surface area contributed by atoms with Crippen molar-refractivity contribution in [2.24, 2.45) is 0 Å². The Bertz CT molecular complexity index is 387. The van der Waals surface area contributed by atoms with Gasteiger partial charge < -0.3 is 9.80 Å². The van der Waals surface area contributed by atoms with Crippen LogP contribution in [0.25, 0.3) is 0 Å². The lowest BCUT2D eigenvalue weighted by molar-refractivity contribution is -0.878. The molecular formula is C10H21N2O4S+. The first-order valence-electron chi connectivity index (χ1n) is 5.24. The van der Waals surface area contributed by atoms with Gasteiger partial charge in [-0.05, 0) is 6.92 Å². The number of amides is 1. The van der Waals surface area contributed by atoms with Crippen LogP contribution in [0.4, 0.5) is 0 Å². The summed E-state index contributed by atoms with van der Waals surface area (Å²) in [6, 6.07) is 0. The van der Waals surface area contributed by atoms with Gasteiger partial charge in [0.05, 0.1) is 20.6 Å². The third-order valence-electron chi connectivity index (χ3n) is 2.13. The maximum absolute atomic E-state index is 11.1. The van der Waals surface area contributed by atoms with Crippen molar-refractivity contribution in [3.8, 4) is 0 Å². The molecule has 7 heteroatoms. The Morgan fingerprint density at radius 1 is 1.41 bits per heavy atom. The molecule has 0 aromatic heterocycles. The van der Waals surface area contributed by atoms with Crippen molar-refractivity contribution in [1.82, 2.24) is 5.32 Å². The zero-order valence-corrected chi connectivity index (χ0v) is 11.4. The monoisotopic (exact) mass is 265 g/mol. The number of hydrogen-bond donors (Lipinski definition) is 2. The number of carbonyl (C=O) groups is 1. The zero-order chi connectivity index (χ0) is 13.7. The summed E-state index contributed by atoms with van der Waals surface area (Å²) < 4.78 is 30.4. The van der Waals surface area contributed by atoms with E-state index in [9.17, 15) is 13.2 Å². The van der Waals surface area contributed by atoms with E-state index in [1.807, 2.05) is 0 Å². The maximum atomic E-state index is 11.1. The molecule has 0 saturated carbocycles. The molecule has 1 amide bonds. The summed E-state index contributed by atoms with van der Waals surface area (Å²) in [5.41, 5.74) is 0.441. The van der Waals surface area contributed by atoms with Gasteiger partial charge in [-0.3, -0.25) is 9.35 Å². The summed E-state index contributed by atoms with van der Waals surface area (Å²) >= 11 is 0. The van der Waals surface area contributed by atoms with Gasteiger partial charge in [0, 0.05) is 18.5 Å². The van der Waals surface area contributed by atoms with Gasteiger partial charge in [-0.1, -0.05) is 6.58 Å². The van der Waals surface area contributed by atoms with Gasteiger partial charge in [0.1, 0.15) is 0 Å². The van der Waals surface area contributed by atoms with E-state index in [2.05, 4.69) is 11.9 Å². The summed E-state index contributed by atoms with van der Waals surface area (Å²) in [4.78, 5) is 11.1. The Hall–Kier alpha value is -0.920. The van der Waals surface area contributed by atoms with Crippen LogP contribution in [-0.4, -0.2) is 56.4 Å². The van der Waals surface area contributed by atoms with E-state index < -0.39 is 10.1 Å². The molecule has 6 nitrogen and oxygen atoms in total. The normalized spacial score (nSPS) is 12.2. The van der Waals surface area contributed by atoms with Gasteiger partial charge in [-0.2, -0.15) is 8.42 Å². The molecule has 0 aromatic carbocycles. The lowest BCUT2D eigenvalue weighted by Gasteiger charge is -2.27. The number of quaternary nitrogens is 1. The fourth-order valence-electron chi connectivity index (χ4n) is 1.37. The maximum Gasteiger partial charge on any atom is 0.316 e. The molecule has 0 atom stereocenters. The minimum Gasteiger partial charge on any atom is -0.352 e. The molecule has 17 heavy (non-hydrogen) atoms. The van der Waals surface area contributed by atoms with Crippen LogP contribution in [0.1, 0.15) is 13.3 Å². The highest BCUT2D eigenvalue weighted by Gasteiger charge is 2.22. The minimum absolute atomic E-state index is 0.155. The van der Waals surface area contributed by atoms with E-state index in [0.29, 0.717) is 25.1 Å². The van der Waals surface area contributed by atoms with Gasteiger partial charge in [-0.15, -0.1) is 0 Å². The molecule has 0 radical (unpaired) electrons. The second kappa shape index (κ2) is 6.13. The third-order valence-corrected chi connectivity index (χ3v) is 3.15. The molecule has 0 aliphatic carbocycles. The smallest absolute Gasteiger partial charge is 0.316 e. The molecule has 0 rings (SSSR count). The first-order chi connectivity index (χ1) is 7.53. The Labute approximate surface area is 103 Å². The van der Waals surface area contributed by atoms with Crippen LogP contribution in [0.15, 0.2) is 12.2 Å². The van der Waals surface area contributed by atoms with Gasteiger partial charge in [0.15, 0.2) is 0 Å². The average molecular weight is 265 g/mol. The van der Waals surface area contributed by atoms with Crippen molar-refractivity contribution < 1.29 is 22.2 Å². The molecule has 2 N–H and O–H groups in total. The average Bonchev–Trinajstić information content (AvgIpc) is 2.07. The van der Waals surface area contributed by atoms with Crippen molar-refractivity contribution in [3.05, 3.63) is 12.2 Å². The Morgan fingerprint density at radius 2 is 1.94 bits per heavy atom. The van der Waals surface area contributed by atoms with Crippen LogP contribution in [0.3, 0.4) is 0 Å². The van der Waals surface area contributed by atoms with Crippen molar-refractivity contribution in [2.45, 2.75) is 13.3 Å². The summed E-state index contributed by atoms with van der Waals surface area (Å²) in [5.74, 6) is -0.536. The predicted octanol–water partition coefficient (Wildman–Crippen LogP) is -0.00950. The first kappa shape index (κ1) is 16.1. The van der Waals surface area contributed by atoms with E-state index in [1.165, 1.54) is 0 Å². The van der Waals surface area contributed by atoms with E-state index in [0.717, 1.165) is 0 Å². The number of nitrogens with one attached hydrogen (secondary N) is 1.